The molecule has 2 atom stereocenters. The van der Waals surface area contributed by atoms with E-state index in [1.807, 2.05) is 42.5 Å². The zero-order chi connectivity index (χ0) is 106. The van der Waals surface area contributed by atoms with Crippen molar-refractivity contribution >= 4 is 65.7 Å². The number of alkyl halides is 24. The first-order valence-corrected chi connectivity index (χ1v) is 38.3. The van der Waals surface area contributed by atoms with Crippen LogP contribution in [0.3, 0.4) is 0 Å². The van der Waals surface area contributed by atoms with E-state index in [0.717, 1.165) is 99.3 Å². The van der Waals surface area contributed by atoms with Gasteiger partial charge in [-0.05, 0) is 86.3 Å². The van der Waals surface area contributed by atoms with Gasteiger partial charge in [0.05, 0.1) is 110 Å². The molecule has 0 bridgehead atoms. The fourth-order valence-corrected chi connectivity index (χ4v) is 7.61. The number of amides is 1. The van der Waals surface area contributed by atoms with Gasteiger partial charge in [0.15, 0.2) is 11.5 Å². The van der Waals surface area contributed by atoms with Crippen LogP contribution in [0.15, 0.2) is 71.8 Å². The molecule has 134 heavy (non-hydrogen) atoms. The van der Waals surface area contributed by atoms with Crippen molar-refractivity contribution in [1.82, 2.24) is 21.2 Å². The van der Waals surface area contributed by atoms with E-state index >= 15 is 0 Å². The molecule has 2 rings (SSSR count). The first-order chi connectivity index (χ1) is 58.9. The molecule has 0 aliphatic rings. The Bertz CT molecular complexity index is 3700. The first-order valence-electron chi connectivity index (χ1n) is 38.3. The number of benzene rings is 2. The molecule has 2 unspecified atom stereocenters. The molecule has 0 fully saturated rings. The fraction of sp³-hybridized carbons (Fsp3) is 0.667. The number of carbonyl (C=O) groups excluding carboxylic acids is 9. The number of aldehydes is 1. The van der Waals surface area contributed by atoms with Crippen molar-refractivity contribution in [1.29, 1.82) is 5.26 Å². The summed E-state index contributed by atoms with van der Waals surface area (Å²) in [5.74, 6) is -13.6. The Labute approximate surface area is 772 Å². The normalized spacial score (nSPS) is 12.1. The Morgan fingerprint density at radius 1 is 0.485 bits per heavy atom. The van der Waals surface area contributed by atoms with Crippen molar-refractivity contribution in [2.75, 3.05) is 68.0 Å². The number of ketones is 1. The Kier molecular flexibility index (Phi) is 74.8. The second-order valence-electron chi connectivity index (χ2n) is 30.0. The third kappa shape index (κ3) is 64.7. The van der Waals surface area contributed by atoms with Gasteiger partial charge in [0.25, 0.3) is 0 Å². The summed E-state index contributed by atoms with van der Waals surface area (Å²) >= 11 is 0. The maximum absolute atomic E-state index is 12.9. The van der Waals surface area contributed by atoms with E-state index in [-0.39, 0.29) is 95.1 Å². The molecule has 0 radical (unpaired) electrons. The third-order valence-corrected chi connectivity index (χ3v) is 16.6. The van der Waals surface area contributed by atoms with E-state index in [4.69, 9.17) is 15.5 Å². The zero-order valence-electron chi connectivity index (χ0n) is 78.3. The molecule has 0 heterocycles. The molecule has 28 nitrogen and oxygen atoms in total. The molecular formula is C81H121F24LiN5O23+. The first kappa shape index (κ1) is 148. The number of nitrogens with one attached hydrogen (secondary N) is 3. The molecule has 0 saturated carbocycles. The molecule has 0 spiro atoms. The number of allylic oxidation sites excluding steroid dienone is 1. The number of rotatable bonds is 32. The van der Waals surface area contributed by atoms with Crippen LogP contribution >= 0.6 is 0 Å². The molecular weight excluding hydrogens is 1870 g/mol. The Hall–Kier alpha value is -9.25. The minimum absolute atomic E-state index is 0. The van der Waals surface area contributed by atoms with E-state index < -0.39 is 196 Å². The van der Waals surface area contributed by atoms with Gasteiger partial charge in [0, 0.05) is 40.0 Å². The fourth-order valence-electron chi connectivity index (χ4n) is 7.61. The van der Waals surface area contributed by atoms with Gasteiger partial charge in [-0.3, -0.25) is 43.7 Å². The van der Waals surface area contributed by atoms with Crippen LogP contribution in [0.1, 0.15) is 181 Å². The number of carboxylic acid groups (broad SMARTS) is 2. The van der Waals surface area contributed by atoms with Crippen molar-refractivity contribution in [2.45, 2.75) is 245 Å². The summed E-state index contributed by atoms with van der Waals surface area (Å²) in [6.45, 7) is 24.0. The number of hydrogen-bond donors (Lipinski definition) is 5. The van der Waals surface area contributed by atoms with Gasteiger partial charge >= 0.3 is 122 Å². The summed E-state index contributed by atoms with van der Waals surface area (Å²) < 4.78 is 320. The van der Waals surface area contributed by atoms with Crippen molar-refractivity contribution in [3.8, 4) is 6.07 Å². The van der Waals surface area contributed by atoms with Crippen molar-refractivity contribution in [3.63, 3.8) is 0 Å². The average Bonchev–Trinajstić information content (AvgIpc) is 0.781. The molecule has 8 N–H and O–H groups in total. The predicted molar refractivity (Wildman–Crippen MR) is 428 cm³/mol. The number of hydroxylamine groups is 3. The molecule has 1 amide bonds. The van der Waals surface area contributed by atoms with Crippen LogP contribution in [-0.2, 0) is 104 Å². The second kappa shape index (κ2) is 67.9. The van der Waals surface area contributed by atoms with E-state index in [9.17, 15) is 158 Å². The summed E-state index contributed by atoms with van der Waals surface area (Å²) in [5, 5.41) is 32.4. The van der Waals surface area contributed by atoms with Gasteiger partial charge in [-0.25, -0.2) is 24.9 Å². The molecule has 53 heteroatoms. The maximum Gasteiger partial charge on any atom is 1.00 e. The molecule has 2 aromatic rings. The number of carbonyl (C=O) groups is 11. The Morgan fingerprint density at radius 3 is 1.02 bits per heavy atom. The van der Waals surface area contributed by atoms with Gasteiger partial charge in [-0.2, -0.15) is 111 Å². The average molecular weight is 2000 g/mol. The number of aliphatic carboxylic acids is 2. The SMILES string of the molecule is CC(C)(CC(=O)O)C(F)(F)F.CC(C)(CC(C#N)NCc1ccccc1)C(F)(F)F.CC(C)(CC(NCc1ccccc1)C(=O)O)C(F)(F)F.CC(C)(CC=O)C(F)(F)F.CCOC(=O)C(C(=O)OCC)=C(C)C(F)(F)F.CCOC(=O)C(C(=O)OCC)C(C)(C)C(F)(F)F.CCOC(=O)CC(=O)OCC.CNOC.CON(C)C(=O)CC(C)(C)C(F)(F)F.O.[CH2+]C(=O)C(F)(F)F.[Li+].[OH-]. The van der Waals surface area contributed by atoms with Crippen LogP contribution in [0, 0.1) is 56.7 Å². The third-order valence-electron chi connectivity index (χ3n) is 16.6. The van der Waals surface area contributed by atoms with Crippen LogP contribution in [0.4, 0.5) is 105 Å². The summed E-state index contributed by atoms with van der Waals surface area (Å²) in [6.07, 6.45) is -38.9. The zero-order valence-corrected chi connectivity index (χ0v) is 78.3. The van der Waals surface area contributed by atoms with E-state index in [1.165, 1.54) is 41.9 Å². The van der Waals surface area contributed by atoms with Crippen LogP contribution in [-0.4, -0.2) is 221 Å². The monoisotopic (exact) mass is 1990 g/mol. The number of nitriles is 1. The minimum atomic E-state index is -4.78. The molecule has 776 valence electrons. The Morgan fingerprint density at radius 2 is 0.791 bits per heavy atom. The molecule has 0 aromatic heterocycles. The minimum Gasteiger partial charge on any atom is -0.870 e. The summed E-state index contributed by atoms with van der Waals surface area (Å²) in [5.41, 5.74) is -10.8. The smallest absolute Gasteiger partial charge is 0.870 e. The second-order valence-corrected chi connectivity index (χ2v) is 30.0. The van der Waals surface area contributed by atoms with E-state index in [0.29, 0.717) is 13.5 Å². The Balaban J connectivity index is -0.000000142. The summed E-state index contributed by atoms with van der Waals surface area (Å²) in [7, 11) is 5.77. The number of hydrogen-bond acceptors (Lipinski definition) is 24. The van der Waals surface area contributed by atoms with Gasteiger partial charge < -0.3 is 64.5 Å². The standard InChI is InChI=1S/C14H17F3N2.C14H18F3NO2.C11H17F3O4.C10H13F3O4.C8H14F3NO2.C7H12O4.C6H9F3O2.C6H9F3O.C3H2F3O.C2H7NO.Li.2H2O/c1-13(2,14(15,16)17)8-12(9-18)19-10-11-6-4-3-5-7-11;1-13(2,14(15,16)17)8-11(12(19)20)18-9-10-6-4-3-5-7-10;1-5-17-8(15)7(9(16)18-6-2)10(3,4)11(12,13)14;1-4-16-8(14)7(9(15)17-5-2)6(3)10(11,12)13;1-7(2,8(9,10)11)5-6(13)12(3)14-4;1-3-10-6(8)5-7(9)11-4-2;1-5(2,3-4(10)11)6(7,8)9;1-5(2,3-4-10)6(7,8)9;1-2(7)3(4,5)6;1-3-4-2;;;/h3-7,12,19H,8,10H2,1-2H3;3-7,11,18H,8-9H2,1-2H3,(H,19,20);7H,5-6H2,1-4H3;4-5H2,1-3H3;5H2,1-4H3;3-5H2,1-2H3;3H2,1-2H3,(H,10,11);4H,3H2,1-2H3;1H2;3H,1-2H3;;2*1H2/q;;;;;;;;+1;;+1;;/p-1. The van der Waals surface area contributed by atoms with Crippen LogP contribution < -0.4 is 35.0 Å². The predicted octanol–water partition coefficient (Wildman–Crippen LogP) is 14.6. The van der Waals surface area contributed by atoms with Gasteiger partial charge in [-0.1, -0.05) is 130 Å². The van der Waals surface area contributed by atoms with Crippen molar-refractivity contribution < 1.29 is 236 Å². The van der Waals surface area contributed by atoms with Crippen LogP contribution in [0.25, 0.3) is 0 Å². The number of nitrogens with zero attached hydrogens (tertiary/aromatic N) is 2. The molecule has 0 aliphatic carbocycles. The topological polar surface area (TPSA) is 427 Å². The molecule has 0 aliphatic heterocycles. The van der Waals surface area contributed by atoms with E-state index in [2.05, 4.69) is 61.1 Å². The number of esters is 6. The summed E-state index contributed by atoms with van der Waals surface area (Å²) in [6, 6.07) is 18.0. The van der Waals surface area contributed by atoms with Crippen molar-refractivity contribution in [2.24, 2.45) is 38.4 Å². The number of Topliss-reactive ketones (excluding diaryl/α,β-unsaturated/α-hetero) is 1. The largest absolute Gasteiger partial charge is 1.00 e. The van der Waals surface area contributed by atoms with Crippen LogP contribution in [0.2, 0.25) is 0 Å². The molecule has 2 aromatic carbocycles. The summed E-state index contributed by atoms with van der Waals surface area (Å²) in [4.78, 5) is 127. The van der Waals surface area contributed by atoms with E-state index in [1.54, 1.807) is 52.3 Å². The van der Waals surface area contributed by atoms with Gasteiger partial charge in [-0.15, -0.1) is 0 Å². The molecule has 0 saturated heterocycles. The van der Waals surface area contributed by atoms with Crippen LogP contribution in [0.5, 0.6) is 0 Å². The van der Waals surface area contributed by atoms with Crippen molar-refractivity contribution in [3.05, 3.63) is 89.9 Å². The van der Waals surface area contributed by atoms with Gasteiger partial charge in [0.1, 0.15) is 25.7 Å². The number of halogens is 24. The number of carboxylic acids is 2. The quantitative estimate of drug-likeness (QED) is 0.00434. The maximum atomic E-state index is 12.9. The number of ether oxygens (including phenoxy) is 6. The van der Waals surface area contributed by atoms with Gasteiger partial charge in [0.2, 0.25) is 5.91 Å².